The molecule has 0 aromatic heterocycles. The first-order valence-corrected chi connectivity index (χ1v) is 7.82. The molecule has 0 saturated carbocycles. The van der Waals surface area contributed by atoms with E-state index in [4.69, 9.17) is 0 Å². The molecule has 0 aliphatic carbocycles. The minimum absolute atomic E-state index is 0.628. The normalized spacial score (nSPS) is 13.2. The van der Waals surface area contributed by atoms with Crippen molar-refractivity contribution < 1.29 is 0 Å². The van der Waals surface area contributed by atoms with Crippen molar-refractivity contribution in [3.05, 3.63) is 35.4 Å². The highest BCUT2D eigenvalue weighted by atomic mass is 14.9. The Morgan fingerprint density at radius 1 is 0.947 bits per heavy atom. The van der Waals surface area contributed by atoms with Gasteiger partial charge in [0.05, 0.1) is 0 Å². The minimum Gasteiger partial charge on any atom is -0.316 e. The van der Waals surface area contributed by atoms with Crippen LogP contribution >= 0.6 is 0 Å². The van der Waals surface area contributed by atoms with Crippen molar-refractivity contribution in [2.75, 3.05) is 13.1 Å². The minimum atomic E-state index is 0.628. The fourth-order valence-electron chi connectivity index (χ4n) is 2.31. The maximum absolute atomic E-state index is 3.59. The van der Waals surface area contributed by atoms with Crippen molar-refractivity contribution in [2.24, 2.45) is 11.8 Å². The Labute approximate surface area is 119 Å². The van der Waals surface area contributed by atoms with Gasteiger partial charge in [0.1, 0.15) is 0 Å². The topological polar surface area (TPSA) is 12.0 Å². The maximum atomic E-state index is 3.59. The van der Waals surface area contributed by atoms with Gasteiger partial charge in [-0.3, -0.25) is 0 Å². The second-order valence-corrected chi connectivity index (χ2v) is 6.43. The van der Waals surface area contributed by atoms with E-state index >= 15 is 0 Å². The largest absolute Gasteiger partial charge is 0.316 e. The molecule has 1 N–H and O–H groups in total. The Kier molecular flexibility index (Phi) is 7.15. The van der Waals surface area contributed by atoms with Gasteiger partial charge in [0.25, 0.3) is 0 Å². The van der Waals surface area contributed by atoms with Gasteiger partial charge in [-0.2, -0.15) is 0 Å². The number of benzene rings is 1. The second kappa shape index (κ2) is 8.37. The lowest BCUT2D eigenvalue weighted by Crippen LogP contribution is -2.27. The van der Waals surface area contributed by atoms with Crippen LogP contribution in [0.25, 0.3) is 0 Å². The first-order valence-electron chi connectivity index (χ1n) is 7.82. The van der Waals surface area contributed by atoms with Gasteiger partial charge in [-0.15, -0.1) is 0 Å². The van der Waals surface area contributed by atoms with Crippen LogP contribution in [0.1, 0.15) is 58.1 Å². The summed E-state index contributed by atoms with van der Waals surface area (Å²) >= 11 is 0. The third-order valence-electron chi connectivity index (χ3n) is 3.73. The first kappa shape index (κ1) is 16.2. The van der Waals surface area contributed by atoms with E-state index in [0.717, 1.165) is 24.9 Å². The lowest BCUT2D eigenvalue weighted by atomic mass is 9.94. The SMILES string of the molecule is CCC(CNCC(C)C)Cc1ccc(C(C)C)cc1. The summed E-state index contributed by atoms with van der Waals surface area (Å²) in [6.45, 7) is 13.6. The molecule has 0 saturated heterocycles. The van der Waals surface area contributed by atoms with Crippen molar-refractivity contribution in [2.45, 2.75) is 53.4 Å². The average molecular weight is 261 g/mol. The molecule has 1 aromatic carbocycles. The van der Waals surface area contributed by atoms with Crippen molar-refractivity contribution in [1.82, 2.24) is 5.32 Å². The van der Waals surface area contributed by atoms with E-state index in [1.54, 1.807) is 0 Å². The van der Waals surface area contributed by atoms with Crippen molar-refractivity contribution in [3.63, 3.8) is 0 Å². The molecule has 0 fully saturated rings. The Hall–Kier alpha value is -0.820. The highest BCUT2D eigenvalue weighted by Crippen LogP contribution is 2.17. The van der Waals surface area contributed by atoms with E-state index in [0.29, 0.717) is 5.92 Å². The van der Waals surface area contributed by atoms with Crippen LogP contribution in [0.15, 0.2) is 24.3 Å². The molecule has 0 bridgehead atoms. The van der Waals surface area contributed by atoms with Crippen LogP contribution in [-0.4, -0.2) is 13.1 Å². The molecule has 1 nitrogen and oxygen atoms in total. The zero-order valence-electron chi connectivity index (χ0n) is 13.4. The molecule has 0 heterocycles. The summed E-state index contributed by atoms with van der Waals surface area (Å²) < 4.78 is 0. The van der Waals surface area contributed by atoms with E-state index in [2.05, 4.69) is 64.2 Å². The van der Waals surface area contributed by atoms with Gasteiger partial charge in [-0.1, -0.05) is 65.3 Å². The summed E-state index contributed by atoms with van der Waals surface area (Å²) in [5.41, 5.74) is 2.91. The van der Waals surface area contributed by atoms with E-state index < -0.39 is 0 Å². The molecule has 1 atom stereocenters. The fraction of sp³-hybridized carbons (Fsp3) is 0.667. The van der Waals surface area contributed by atoms with Gasteiger partial charge < -0.3 is 5.32 Å². The summed E-state index contributed by atoms with van der Waals surface area (Å²) in [6, 6.07) is 9.18. The van der Waals surface area contributed by atoms with E-state index in [1.165, 1.54) is 24.0 Å². The second-order valence-electron chi connectivity index (χ2n) is 6.43. The predicted molar refractivity (Wildman–Crippen MR) is 85.7 cm³/mol. The standard InChI is InChI=1S/C18H31N/c1-6-16(13-19-12-14(2)3)11-17-7-9-18(10-8-17)15(4)5/h7-10,14-16,19H,6,11-13H2,1-5H3. The Morgan fingerprint density at radius 3 is 2.05 bits per heavy atom. The average Bonchev–Trinajstić information content (AvgIpc) is 2.37. The predicted octanol–water partition coefficient (Wildman–Crippen LogP) is 4.62. The highest BCUT2D eigenvalue weighted by molar-refractivity contribution is 5.25. The van der Waals surface area contributed by atoms with Crippen molar-refractivity contribution >= 4 is 0 Å². The van der Waals surface area contributed by atoms with Crippen LogP contribution in [0, 0.1) is 11.8 Å². The van der Waals surface area contributed by atoms with Crippen LogP contribution in [0.3, 0.4) is 0 Å². The summed E-state index contributed by atoms with van der Waals surface area (Å²) in [5, 5.41) is 3.59. The highest BCUT2D eigenvalue weighted by Gasteiger charge is 2.08. The van der Waals surface area contributed by atoms with Gasteiger partial charge in [-0.05, 0) is 48.4 Å². The number of hydrogen-bond acceptors (Lipinski definition) is 1. The smallest absolute Gasteiger partial charge is 0.00173 e. The Morgan fingerprint density at radius 2 is 1.58 bits per heavy atom. The Balaban J connectivity index is 2.46. The summed E-state index contributed by atoms with van der Waals surface area (Å²) in [7, 11) is 0. The third kappa shape index (κ3) is 6.24. The van der Waals surface area contributed by atoms with Gasteiger partial charge in [0.2, 0.25) is 0 Å². The molecule has 0 radical (unpaired) electrons. The van der Waals surface area contributed by atoms with Crippen LogP contribution in [0.4, 0.5) is 0 Å². The molecule has 19 heavy (non-hydrogen) atoms. The lowest BCUT2D eigenvalue weighted by Gasteiger charge is -2.17. The number of nitrogens with one attached hydrogen (secondary N) is 1. The molecular weight excluding hydrogens is 230 g/mol. The molecule has 0 aliphatic heterocycles. The van der Waals surface area contributed by atoms with Crippen LogP contribution < -0.4 is 5.32 Å². The van der Waals surface area contributed by atoms with Crippen molar-refractivity contribution in [1.29, 1.82) is 0 Å². The molecule has 1 rings (SSSR count). The molecule has 1 aromatic rings. The number of rotatable bonds is 8. The molecule has 108 valence electrons. The molecule has 0 amide bonds. The lowest BCUT2D eigenvalue weighted by molar-refractivity contribution is 0.437. The van der Waals surface area contributed by atoms with Gasteiger partial charge >= 0.3 is 0 Å². The van der Waals surface area contributed by atoms with E-state index in [-0.39, 0.29) is 0 Å². The zero-order valence-corrected chi connectivity index (χ0v) is 13.4. The molecule has 0 aliphatic rings. The van der Waals surface area contributed by atoms with Crippen molar-refractivity contribution in [3.8, 4) is 0 Å². The summed E-state index contributed by atoms with van der Waals surface area (Å²) in [5.74, 6) is 2.12. The van der Waals surface area contributed by atoms with Gasteiger partial charge in [0, 0.05) is 0 Å². The molecule has 1 heteroatoms. The summed E-state index contributed by atoms with van der Waals surface area (Å²) in [6.07, 6.45) is 2.44. The Bertz CT molecular complexity index is 337. The zero-order chi connectivity index (χ0) is 14.3. The quantitative estimate of drug-likeness (QED) is 0.719. The monoisotopic (exact) mass is 261 g/mol. The van der Waals surface area contributed by atoms with Crippen LogP contribution in [0.2, 0.25) is 0 Å². The molecule has 0 spiro atoms. The third-order valence-corrected chi connectivity index (χ3v) is 3.73. The fourth-order valence-corrected chi connectivity index (χ4v) is 2.31. The maximum Gasteiger partial charge on any atom is -0.00173 e. The first-order chi connectivity index (χ1) is 9.02. The molecular formula is C18H31N. The van der Waals surface area contributed by atoms with Crippen LogP contribution in [-0.2, 0) is 6.42 Å². The van der Waals surface area contributed by atoms with Gasteiger partial charge in [0.15, 0.2) is 0 Å². The molecule has 1 unspecified atom stereocenters. The number of hydrogen-bond donors (Lipinski definition) is 1. The van der Waals surface area contributed by atoms with Gasteiger partial charge in [-0.25, -0.2) is 0 Å². The summed E-state index contributed by atoms with van der Waals surface area (Å²) in [4.78, 5) is 0. The van der Waals surface area contributed by atoms with E-state index in [9.17, 15) is 0 Å². The van der Waals surface area contributed by atoms with E-state index in [1.807, 2.05) is 0 Å². The van der Waals surface area contributed by atoms with Crippen LogP contribution in [0.5, 0.6) is 0 Å².